The van der Waals surface area contributed by atoms with Gasteiger partial charge in [0.05, 0.1) is 0 Å². The zero-order chi connectivity index (χ0) is 19.7. The van der Waals surface area contributed by atoms with Gasteiger partial charge in [-0.2, -0.15) is 0 Å². The largest absolute Gasteiger partial charge is 4.00 e. The first-order chi connectivity index (χ1) is 12.8. The summed E-state index contributed by atoms with van der Waals surface area (Å²) in [5.74, 6) is 8.03. The molecule has 1 heteroatoms. The van der Waals surface area contributed by atoms with Crippen LogP contribution in [0.25, 0.3) is 6.08 Å². The molecule has 0 spiro atoms. The Hall–Kier alpha value is -0.170. The van der Waals surface area contributed by atoms with Crippen molar-refractivity contribution in [1.82, 2.24) is 0 Å². The van der Waals surface area contributed by atoms with Crippen molar-refractivity contribution >= 4 is 6.08 Å². The van der Waals surface area contributed by atoms with Crippen LogP contribution >= 0.6 is 0 Å². The van der Waals surface area contributed by atoms with Gasteiger partial charge >= 0.3 is 25.8 Å². The van der Waals surface area contributed by atoms with Crippen molar-refractivity contribution in [2.45, 2.75) is 73.6 Å². The minimum Gasteiger partial charge on any atom is -0.358 e. The van der Waals surface area contributed by atoms with Gasteiger partial charge in [-0.15, -0.1) is 0 Å². The second-order valence-electron chi connectivity index (χ2n) is 10.4. The molecule has 0 amide bonds. The van der Waals surface area contributed by atoms with Crippen molar-refractivity contribution in [1.29, 1.82) is 0 Å². The van der Waals surface area contributed by atoms with Crippen molar-refractivity contribution in [2.75, 3.05) is 0 Å². The smallest absolute Gasteiger partial charge is 0.358 e. The summed E-state index contributed by atoms with van der Waals surface area (Å²) in [6, 6.07) is 9.00. The molecule has 0 aromatic heterocycles. The van der Waals surface area contributed by atoms with Gasteiger partial charge in [0, 0.05) is 0 Å². The van der Waals surface area contributed by atoms with E-state index in [1.807, 2.05) is 0 Å². The second kappa shape index (κ2) is 15.7. The standard InChI is InChI=1S/C17H22.C10H20.4CH3.Hf/c1-12(2)11-15-10-9-14-8-7-13-5-3-4-6-16(13)17(14)15;1-6-7(2)9(4)10(5)8(6)3;;;;;/h3-8,12,14-15,17H,9-11H2,1-2H3;6-10H,1-5H3;4*1H3;/q;;4*-1;+4. The molecule has 32 heavy (non-hydrogen) atoms. The number of hydrogen-bond acceptors (Lipinski definition) is 0. The monoisotopic (exact) mass is 606 g/mol. The van der Waals surface area contributed by atoms with Crippen molar-refractivity contribution in [3.63, 3.8) is 0 Å². The van der Waals surface area contributed by atoms with Crippen LogP contribution in [-0.4, -0.2) is 0 Å². The van der Waals surface area contributed by atoms with Crippen molar-refractivity contribution in [2.24, 2.45) is 47.3 Å². The molecule has 0 heterocycles. The maximum absolute atomic E-state index is 2.47. The molecule has 0 bridgehead atoms. The Kier molecular flexibility index (Phi) is 17.8. The molecule has 2 saturated carbocycles. The predicted molar refractivity (Wildman–Crippen MR) is 145 cm³/mol. The summed E-state index contributed by atoms with van der Waals surface area (Å²) in [5, 5.41) is 0. The minimum absolute atomic E-state index is 0. The molecular weight excluding hydrogens is 551 g/mol. The van der Waals surface area contributed by atoms with Gasteiger partial charge in [0.1, 0.15) is 0 Å². The van der Waals surface area contributed by atoms with Crippen LogP contribution in [-0.2, 0) is 25.8 Å². The molecule has 4 rings (SSSR count). The molecule has 1 aromatic carbocycles. The molecule has 1 aromatic rings. The maximum Gasteiger partial charge on any atom is 4.00 e. The fourth-order valence-corrected chi connectivity index (χ4v) is 6.27. The molecule has 3 unspecified atom stereocenters. The first-order valence-electron chi connectivity index (χ1n) is 11.6. The van der Waals surface area contributed by atoms with Crippen LogP contribution < -0.4 is 0 Å². The molecule has 3 aliphatic carbocycles. The Morgan fingerprint density at radius 1 is 0.750 bits per heavy atom. The van der Waals surface area contributed by atoms with Crippen LogP contribution in [0.1, 0.15) is 84.8 Å². The van der Waals surface area contributed by atoms with Crippen LogP contribution in [0.3, 0.4) is 0 Å². The van der Waals surface area contributed by atoms with Gasteiger partial charge in [-0.25, -0.2) is 0 Å². The van der Waals surface area contributed by atoms with Gasteiger partial charge in [-0.1, -0.05) is 84.9 Å². The summed E-state index contributed by atoms with van der Waals surface area (Å²) >= 11 is 0. The average molecular weight is 605 g/mol. The Labute approximate surface area is 223 Å². The van der Waals surface area contributed by atoms with E-state index in [0.717, 1.165) is 53.3 Å². The van der Waals surface area contributed by atoms with Gasteiger partial charge in [0.15, 0.2) is 0 Å². The summed E-state index contributed by atoms with van der Waals surface area (Å²) < 4.78 is 0. The van der Waals surface area contributed by atoms with Gasteiger partial charge in [0.25, 0.3) is 0 Å². The topological polar surface area (TPSA) is 0 Å². The molecule has 2 fully saturated rings. The average Bonchev–Trinajstić information content (AvgIpc) is 3.14. The van der Waals surface area contributed by atoms with Crippen LogP contribution in [0.5, 0.6) is 0 Å². The first-order valence-corrected chi connectivity index (χ1v) is 11.6. The number of fused-ring (bicyclic) bond motifs is 3. The predicted octanol–water partition coefficient (Wildman–Crippen LogP) is 9.85. The summed E-state index contributed by atoms with van der Waals surface area (Å²) in [6.07, 6.45) is 9.02. The second-order valence-corrected chi connectivity index (χ2v) is 10.4. The third-order valence-corrected chi connectivity index (χ3v) is 8.64. The minimum atomic E-state index is 0. The van der Waals surface area contributed by atoms with Crippen LogP contribution in [0.2, 0.25) is 0 Å². The molecular formula is C31H54Hf. The maximum atomic E-state index is 2.47. The van der Waals surface area contributed by atoms with E-state index in [0.29, 0.717) is 0 Å². The Morgan fingerprint density at radius 3 is 1.69 bits per heavy atom. The number of allylic oxidation sites excluding steroid dienone is 1. The molecule has 0 aliphatic heterocycles. The quantitative estimate of drug-likeness (QED) is 0.233. The van der Waals surface area contributed by atoms with Crippen molar-refractivity contribution < 1.29 is 25.8 Å². The van der Waals surface area contributed by atoms with E-state index in [1.165, 1.54) is 24.8 Å². The number of hydrogen-bond donors (Lipinski definition) is 0. The molecule has 3 atom stereocenters. The molecule has 0 radical (unpaired) electrons. The molecule has 0 nitrogen and oxygen atoms in total. The summed E-state index contributed by atoms with van der Waals surface area (Å²) in [7, 11) is 0. The molecule has 3 aliphatic rings. The Balaban J connectivity index is -0.000000499. The van der Waals surface area contributed by atoms with E-state index in [1.54, 1.807) is 5.56 Å². The summed E-state index contributed by atoms with van der Waals surface area (Å²) in [6.45, 7) is 16.7. The van der Waals surface area contributed by atoms with Gasteiger partial charge < -0.3 is 29.7 Å². The molecule has 0 saturated heterocycles. The van der Waals surface area contributed by atoms with Crippen molar-refractivity contribution in [3.8, 4) is 0 Å². The fourth-order valence-electron chi connectivity index (χ4n) is 6.27. The van der Waals surface area contributed by atoms with Crippen LogP contribution in [0, 0.1) is 77.0 Å². The van der Waals surface area contributed by atoms with E-state index in [4.69, 9.17) is 0 Å². The first kappa shape index (κ1) is 36.4. The van der Waals surface area contributed by atoms with E-state index in [9.17, 15) is 0 Å². The molecule has 0 N–H and O–H groups in total. The Bertz CT molecular complexity index is 601. The van der Waals surface area contributed by atoms with E-state index >= 15 is 0 Å². The van der Waals surface area contributed by atoms with E-state index in [-0.39, 0.29) is 55.5 Å². The van der Waals surface area contributed by atoms with Gasteiger partial charge in [-0.3, -0.25) is 0 Å². The summed E-state index contributed by atoms with van der Waals surface area (Å²) in [5.41, 5.74) is 3.08. The molecule has 182 valence electrons. The Morgan fingerprint density at radius 2 is 1.22 bits per heavy atom. The number of rotatable bonds is 2. The van der Waals surface area contributed by atoms with Crippen LogP contribution in [0.15, 0.2) is 30.3 Å². The van der Waals surface area contributed by atoms with E-state index < -0.39 is 0 Å². The summed E-state index contributed by atoms with van der Waals surface area (Å²) in [4.78, 5) is 0. The SMILES string of the molecule is CC(C)CC1CCC2C=Cc3ccccc3C21.CC1C(C)C(C)C(C)C1C.[CH3-].[CH3-].[CH3-].[CH3-].[Hf+4]. The third kappa shape index (κ3) is 7.68. The zero-order valence-electron chi connectivity index (χ0n) is 23.3. The third-order valence-electron chi connectivity index (χ3n) is 8.64. The van der Waals surface area contributed by atoms with E-state index in [2.05, 4.69) is 84.9 Å². The van der Waals surface area contributed by atoms with Crippen molar-refractivity contribution in [3.05, 3.63) is 71.2 Å². The van der Waals surface area contributed by atoms with Gasteiger partial charge in [-0.05, 0) is 83.7 Å². The number of benzene rings is 1. The van der Waals surface area contributed by atoms with Gasteiger partial charge in [0.2, 0.25) is 0 Å². The van der Waals surface area contributed by atoms with Crippen LogP contribution in [0.4, 0.5) is 0 Å². The normalized spacial score (nSPS) is 33.5. The fraction of sp³-hybridized carbons (Fsp3) is 0.613. The zero-order valence-corrected chi connectivity index (χ0v) is 26.9.